The molecule has 0 aliphatic heterocycles. The summed E-state index contributed by atoms with van der Waals surface area (Å²) in [5.74, 6) is 1.01. The summed E-state index contributed by atoms with van der Waals surface area (Å²) in [5.41, 5.74) is 3.07. The van der Waals surface area contributed by atoms with Gasteiger partial charge in [0.1, 0.15) is 5.82 Å². The minimum absolute atomic E-state index is 0.861. The van der Waals surface area contributed by atoms with Crippen LogP contribution in [0.25, 0.3) is 11.2 Å². The number of pyridine rings is 1. The molecule has 0 saturated heterocycles. The van der Waals surface area contributed by atoms with Crippen LogP contribution in [0.4, 0.5) is 0 Å². The third-order valence-electron chi connectivity index (χ3n) is 2.39. The Hall–Kier alpha value is -1.38. The molecule has 0 amide bonds. The summed E-state index contributed by atoms with van der Waals surface area (Å²) in [4.78, 5) is 8.82. The Labute approximate surface area is 77.4 Å². The number of hydrogen-bond acceptors (Lipinski definition) is 2. The molecule has 2 rings (SSSR count). The molecule has 0 N–H and O–H groups in total. The Morgan fingerprint density at radius 1 is 1.31 bits per heavy atom. The van der Waals surface area contributed by atoms with E-state index in [0.29, 0.717) is 0 Å². The Balaban J connectivity index is 2.73. The number of fused-ring (bicyclic) bond motifs is 1. The summed E-state index contributed by atoms with van der Waals surface area (Å²) >= 11 is 0. The second kappa shape index (κ2) is 2.83. The summed E-state index contributed by atoms with van der Waals surface area (Å²) in [7, 11) is 2.01. The van der Waals surface area contributed by atoms with Crippen LogP contribution in [0.2, 0.25) is 0 Å². The van der Waals surface area contributed by atoms with Crippen LogP contribution in [0.15, 0.2) is 12.1 Å². The Kier molecular flexibility index (Phi) is 1.79. The number of rotatable bonds is 1. The highest BCUT2D eigenvalue weighted by atomic mass is 15.1. The van der Waals surface area contributed by atoms with E-state index in [1.165, 1.54) is 0 Å². The van der Waals surface area contributed by atoms with Gasteiger partial charge in [0.15, 0.2) is 5.65 Å². The van der Waals surface area contributed by atoms with Crippen molar-refractivity contribution in [2.45, 2.75) is 20.3 Å². The van der Waals surface area contributed by atoms with Gasteiger partial charge in [-0.25, -0.2) is 9.97 Å². The molecule has 3 nitrogen and oxygen atoms in total. The molecule has 0 spiro atoms. The van der Waals surface area contributed by atoms with Crippen molar-refractivity contribution in [2.24, 2.45) is 7.05 Å². The summed E-state index contributed by atoms with van der Waals surface area (Å²) in [6, 6.07) is 4.14. The summed E-state index contributed by atoms with van der Waals surface area (Å²) in [5, 5.41) is 0. The first-order valence-corrected chi connectivity index (χ1v) is 4.51. The molecule has 0 atom stereocenters. The maximum absolute atomic E-state index is 4.44. The maximum atomic E-state index is 4.44. The van der Waals surface area contributed by atoms with Crippen LogP contribution >= 0.6 is 0 Å². The van der Waals surface area contributed by atoms with E-state index in [9.17, 15) is 0 Å². The minimum atomic E-state index is 0.861. The van der Waals surface area contributed by atoms with Crippen molar-refractivity contribution in [3.05, 3.63) is 23.7 Å². The minimum Gasteiger partial charge on any atom is -0.330 e. The van der Waals surface area contributed by atoms with E-state index < -0.39 is 0 Å². The van der Waals surface area contributed by atoms with Gasteiger partial charge in [-0.05, 0) is 25.5 Å². The molecular formula is C10H13N3. The maximum Gasteiger partial charge on any atom is 0.178 e. The van der Waals surface area contributed by atoms with Crippen molar-refractivity contribution in [1.29, 1.82) is 0 Å². The van der Waals surface area contributed by atoms with Gasteiger partial charge >= 0.3 is 0 Å². The first-order valence-electron chi connectivity index (χ1n) is 4.51. The molecule has 0 radical (unpaired) electrons. The summed E-state index contributed by atoms with van der Waals surface area (Å²) < 4.78 is 2.06. The number of nitrogens with zero attached hydrogens (tertiary/aromatic N) is 3. The van der Waals surface area contributed by atoms with Crippen molar-refractivity contribution in [3.63, 3.8) is 0 Å². The highest BCUT2D eigenvalue weighted by molar-refractivity contribution is 5.71. The largest absolute Gasteiger partial charge is 0.330 e. The predicted octanol–water partition coefficient (Wildman–Crippen LogP) is 1.84. The topological polar surface area (TPSA) is 30.7 Å². The normalized spacial score (nSPS) is 11.0. The van der Waals surface area contributed by atoms with Gasteiger partial charge < -0.3 is 4.57 Å². The zero-order chi connectivity index (χ0) is 9.42. The second-order valence-corrected chi connectivity index (χ2v) is 3.22. The van der Waals surface area contributed by atoms with E-state index in [0.717, 1.165) is 29.1 Å². The van der Waals surface area contributed by atoms with Gasteiger partial charge in [0.25, 0.3) is 0 Å². The fourth-order valence-corrected chi connectivity index (χ4v) is 1.42. The highest BCUT2D eigenvalue weighted by Crippen LogP contribution is 2.12. The van der Waals surface area contributed by atoms with Gasteiger partial charge in [0.05, 0.1) is 5.52 Å². The molecule has 3 heteroatoms. The Morgan fingerprint density at radius 2 is 2.08 bits per heavy atom. The van der Waals surface area contributed by atoms with Crippen molar-refractivity contribution in [1.82, 2.24) is 14.5 Å². The molecule has 0 fully saturated rings. The van der Waals surface area contributed by atoms with Crippen LogP contribution in [0.1, 0.15) is 18.4 Å². The van der Waals surface area contributed by atoms with E-state index in [2.05, 4.69) is 33.6 Å². The van der Waals surface area contributed by atoms with Crippen molar-refractivity contribution in [2.75, 3.05) is 0 Å². The van der Waals surface area contributed by atoms with E-state index in [-0.39, 0.29) is 0 Å². The number of aromatic nitrogens is 3. The number of hydrogen-bond donors (Lipinski definition) is 0. The van der Waals surface area contributed by atoms with Gasteiger partial charge in [0, 0.05) is 12.7 Å². The van der Waals surface area contributed by atoms with E-state index in [4.69, 9.17) is 0 Å². The van der Waals surface area contributed by atoms with Crippen LogP contribution in [-0.4, -0.2) is 14.5 Å². The molecule has 68 valence electrons. The third-order valence-corrected chi connectivity index (χ3v) is 2.39. The van der Waals surface area contributed by atoms with Crippen LogP contribution < -0.4 is 0 Å². The first-order chi connectivity index (χ1) is 6.22. The lowest BCUT2D eigenvalue weighted by molar-refractivity contribution is 0.886. The average molecular weight is 175 g/mol. The first kappa shape index (κ1) is 8.23. The van der Waals surface area contributed by atoms with Gasteiger partial charge in [-0.15, -0.1) is 0 Å². The monoisotopic (exact) mass is 175 g/mol. The van der Waals surface area contributed by atoms with E-state index >= 15 is 0 Å². The van der Waals surface area contributed by atoms with Gasteiger partial charge in [0.2, 0.25) is 0 Å². The van der Waals surface area contributed by atoms with Gasteiger partial charge in [-0.1, -0.05) is 6.92 Å². The summed E-state index contributed by atoms with van der Waals surface area (Å²) in [6.45, 7) is 4.09. The fraction of sp³-hybridized carbons (Fsp3) is 0.400. The molecule has 0 saturated carbocycles. The number of aryl methyl sites for hydroxylation is 3. The lowest BCUT2D eigenvalue weighted by Crippen LogP contribution is -1.91. The lowest BCUT2D eigenvalue weighted by Gasteiger charge is -1.96. The summed E-state index contributed by atoms with van der Waals surface area (Å²) in [6.07, 6.45) is 0.964. The van der Waals surface area contributed by atoms with Gasteiger partial charge in [-0.3, -0.25) is 0 Å². The molecule has 0 unspecified atom stereocenters. The zero-order valence-corrected chi connectivity index (χ0v) is 8.20. The third kappa shape index (κ3) is 1.20. The molecule has 13 heavy (non-hydrogen) atoms. The smallest absolute Gasteiger partial charge is 0.178 e. The second-order valence-electron chi connectivity index (χ2n) is 3.22. The Morgan fingerprint density at radius 3 is 2.77 bits per heavy atom. The van der Waals surface area contributed by atoms with Gasteiger partial charge in [-0.2, -0.15) is 0 Å². The fourth-order valence-electron chi connectivity index (χ4n) is 1.42. The van der Waals surface area contributed by atoms with E-state index in [1.54, 1.807) is 0 Å². The van der Waals surface area contributed by atoms with Crippen LogP contribution in [0.5, 0.6) is 0 Å². The van der Waals surface area contributed by atoms with Crippen molar-refractivity contribution < 1.29 is 0 Å². The quantitative estimate of drug-likeness (QED) is 0.662. The lowest BCUT2D eigenvalue weighted by atomic mass is 10.3. The van der Waals surface area contributed by atoms with Crippen molar-refractivity contribution in [3.8, 4) is 0 Å². The zero-order valence-electron chi connectivity index (χ0n) is 8.20. The molecule has 0 aliphatic rings. The molecule has 0 bridgehead atoms. The Bertz CT molecular complexity index is 443. The molecule has 0 aromatic carbocycles. The predicted molar refractivity (Wildman–Crippen MR) is 52.6 cm³/mol. The number of imidazole rings is 1. The van der Waals surface area contributed by atoms with Crippen LogP contribution in [-0.2, 0) is 13.5 Å². The molecule has 2 aromatic rings. The highest BCUT2D eigenvalue weighted by Gasteiger charge is 2.04. The SMILES string of the molecule is CCc1ccc2c(n1)nc(C)n2C. The molecular weight excluding hydrogens is 162 g/mol. The standard InChI is InChI=1S/C10H13N3/c1-4-8-5-6-9-10(12-8)11-7(2)13(9)3/h5-6H,4H2,1-3H3. The van der Waals surface area contributed by atoms with Crippen molar-refractivity contribution >= 4 is 11.2 Å². The van der Waals surface area contributed by atoms with E-state index in [1.807, 2.05) is 14.0 Å². The average Bonchev–Trinajstić information content (AvgIpc) is 2.42. The molecule has 2 aromatic heterocycles. The van der Waals surface area contributed by atoms with Crippen LogP contribution in [0, 0.1) is 6.92 Å². The molecule has 2 heterocycles. The molecule has 0 aliphatic carbocycles. The van der Waals surface area contributed by atoms with Crippen LogP contribution in [0.3, 0.4) is 0 Å².